The van der Waals surface area contributed by atoms with Gasteiger partial charge in [-0.25, -0.2) is 4.79 Å². The second-order valence-corrected chi connectivity index (χ2v) is 5.49. The SMILES string of the molecule is CCCOc1ccc(C(C)(C(=O)O)N(C=O)C2CC2)cc1. The second-order valence-electron chi connectivity index (χ2n) is 5.49. The third-order valence-electron chi connectivity index (χ3n) is 3.88. The van der Waals surface area contributed by atoms with Gasteiger partial charge in [0, 0.05) is 6.04 Å². The summed E-state index contributed by atoms with van der Waals surface area (Å²) >= 11 is 0. The van der Waals surface area contributed by atoms with Gasteiger partial charge in [0.05, 0.1) is 6.61 Å². The fraction of sp³-hybridized carbons (Fsp3) is 0.500. The summed E-state index contributed by atoms with van der Waals surface area (Å²) in [6, 6.07) is 6.97. The Hall–Kier alpha value is -2.04. The van der Waals surface area contributed by atoms with Gasteiger partial charge in [-0.1, -0.05) is 19.1 Å². The highest BCUT2D eigenvalue weighted by Crippen LogP contribution is 2.38. The molecule has 1 N–H and O–H groups in total. The van der Waals surface area contributed by atoms with Gasteiger partial charge in [0.1, 0.15) is 5.75 Å². The maximum Gasteiger partial charge on any atom is 0.334 e. The first-order valence-corrected chi connectivity index (χ1v) is 7.24. The van der Waals surface area contributed by atoms with E-state index in [2.05, 4.69) is 0 Å². The van der Waals surface area contributed by atoms with E-state index < -0.39 is 11.5 Å². The molecule has 1 fully saturated rings. The number of amides is 1. The van der Waals surface area contributed by atoms with Gasteiger partial charge in [0.25, 0.3) is 0 Å². The van der Waals surface area contributed by atoms with Gasteiger partial charge in [0.2, 0.25) is 6.41 Å². The Bertz CT molecular complexity index is 510. The second kappa shape index (κ2) is 6.16. The molecule has 1 aromatic carbocycles. The van der Waals surface area contributed by atoms with Crippen LogP contribution in [0.4, 0.5) is 0 Å². The molecule has 21 heavy (non-hydrogen) atoms. The topological polar surface area (TPSA) is 66.8 Å². The average Bonchev–Trinajstić information content (AvgIpc) is 3.30. The first-order chi connectivity index (χ1) is 10.0. The van der Waals surface area contributed by atoms with Crippen molar-refractivity contribution in [1.82, 2.24) is 4.90 Å². The lowest BCUT2D eigenvalue weighted by molar-refractivity contribution is -0.155. The molecular formula is C16H21NO4. The van der Waals surface area contributed by atoms with Gasteiger partial charge in [-0.05, 0) is 43.9 Å². The van der Waals surface area contributed by atoms with Crippen molar-refractivity contribution in [3.05, 3.63) is 29.8 Å². The summed E-state index contributed by atoms with van der Waals surface area (Å²) in [4.78, 5) is 24.6. The quantitative estimate of drug-likeness (QED) is 0.747. The van der Waals surface area contributed by atoms with Crippen molar-refractivity contribution >= 4 is 12.4 Å². The number of carbonyl (C=O) groups is 2. The first kappa shape index (κ1) is 15.4. The number of nitrogens with zero attached hydrogens (tertiary/aromatic N) is 1. The number of aliphatic carboxylic acids is 1. The first-order valence-electron chi connectivity index (χ1n) is 7.24. The zero-order valence-corrected chi connectivity index (χ0v) is 12.4. The fourth-order valence-corrected chi connectivity index (χ4v) is 2.39. The molecule has 1 unspecified atom stereocenters. The minimum atomic E-state index is -1.34. The number of hydrogen-bond acceptors (Lipinski definition) is 3. The van der Waals surface area contributed by atoms with E-state index in [1.54, 1.807) is 31.2 Å². The molecule has 1 atom stereocenters. The Morgan fingerprint density at radius 1 is 1.43 bits per heavy atom. The van der Waals surface area contributed by atoms with E-state index in [9.17, 15) is 14.7 Å². The zero-order valence-electron chi connectivity index (χ0n) is 12.4. The largest absolute Gasteiger partial charge is 0.494 e. The molecule has 0 aliphatic heterocycles. The van der Waals surface area contributed by atoms with Crippen LogP contribution < -0.4 is 4.74 Å². The van der Waals surface area contributed by atoms with Crippen molar-refractivity contribution in [3.63, 3.8) is 0 Å². The number of carboxylic acid groups (broad SMARTS) is 1. The predicted octanol–water partition coefficient (Wildman–Crippen LogP) is 2.40. The van der Waals surface area contributed by atoms with Crippen LogP contribution in [0, 0.1) is 0 Å². The van der Waals surface area contributed by atoms with E-state index in [1.165, 1.54) is 4.90 Å². The third kappa shape index (κ3) is 3.01. The molecule has 0 heterocycles. The zero-order chi connectivity index (χ0) is 15.5. The summed E-state index contributed by atoms with van der Waals surface area (Å²) in [6.07, 6.45) is 3.28. The molecule has 1 amide bonds. The van der Waals surface area contributed by atoms with Crippen molar-refractivity contribution in [2.24, 2.45) is 0 Å². The van der Waals surface area contributed by atoms with E-state index in [0.717, 1.165) is 19.3 Å². The molecular weight excluding hydrogens is 270 g/mol. The molecule has 5 nitrogen and oxygen atoms in total. The number of benzene rings is 1. The number of ether oxygens (including phenoxy) is 1. The summed E-state index contributed by atoms with van der Waals surface area (Å²) in [7, 11) is 0. The molecule has 1 aliphatic carbocycles. The normalized spacial score (nSPS) is 16.9. The Morgan fingerprint density at radius 2 is 2.05 bits per heavy atom. The summed E-state index contributed by atoms with van der Waals surface area (Å²) in [5.74, 6) is -0.318. The Morgan fingerprint density at radius 3 is 2.48 bits per heavy atom. The molecule has 1 aromatic rings. The number of rotatable bonds is 8. The van der Waals surface area contributed by atoms with Gasteiger partial charge in [0.15, 0.2) is 5.54 Å². The van der Waals surface area contributed by atoms with Crippen LogP contribution in [0.1, 0.15) is 38.7 Å². The highest BCUT2D eigenvalue weighted by molar-refractivity contribution is 5.83. The van der Waals surface area contributed by atoms with Crippen LogP contribution in [0.15, 0.2) is 24.3 Å². The number of carbonyl (C=O) groups excluding carboxylic acids is 1. The summed E-state index contributed by atoms with van der Waals surface area (Å²) in [5, 5.41) is 9.64. The van der Waals surface area contributed by atoms with Crippen LogP contribution in [-0.4, -0.2) is 35.0 Å². The highest BCUT2D eigenvalue weighted by Gasteiger charge is 2.47. The van der Waals surface area contributed by atoms with Crippen molar-refractivity contribution in [2.45, 2.75) is 44.7 Å². The monoisotopic (exact) mass is 291 g/mol. The molecule has 1 aliphatic rings. The van der Waals surface area contributed by atoms with Gasteiger partial charge < -0.3 is 14.7 Å². The van der Waals surface area contributed by atoms with Crippen molar-refractivity contribution in [3.8, 4) is 5.75 Å². The third-order valence-corrected chi connectivity index (χ3v) is 3.88. The van der Waals surface area contributed by atoms with E-state index in [4.69, 9.17) is 4.74 Å². The minimum absolute atomic E-state index is 0.0274. The van der Waals surface area contributed by atoms with E-state index in [1.807, 2.05) is 6.92 Å². The summed E-state index contributed by atoms with van der Waals surface area (Å²) < 4.78 is 5.50. The predicted molar refractivity (Wildman–Crippen MR) is 78.1 cm³/mol. The highest BCUT2D eigenvalue weighted by atomic mass is 16.5. The number of hydrogen-bond donors (Lipinski definition) is 1. The van der Waals surface area contributed by atoms with Crippen LogP contribution in [0.25, 0.3) is 0 Å². The summed E-state index contributed by atoms with van der Waals surface area (Å²) in [6.45, 7) is 4.22. The van der Waals surface area contributed by atoms with Crippen LogP contribution >= 0.6 is 0 Å². The Kier molecular flexibility index (Phi) is 4.50. The average molecular weight is 291 g/mol. The van der Waals surface area contributed by atoms with Crippen LogP contribution in [0.5, 0.6) is 5.75 Å². The lowest BCUT2D eigenvalue weighted by Gasteiger charge is -2.35. The molecule has 0 radical (unpaired) electrons. The Balaban J connectivity index is 2.29. The molecule has 1 saturated carbocycles. The van der Waals surface area contributed by atoms with Crippen LogP contribution in [-0.2, 0) is 15.1 Å². The maximum atomic E-state index is 11.8. The van der Waals surface area contributed by atoms with Crippen molar-refractivity contribution in [1.29, 1.82) is 0 Å². The molecule has 0 saturated heterocycles. The standard InChI is InChI=1S/C16H21NO4/c1-3-10-21-14-8-4-12(5-9-14)16(2,15(19)20)17(11-18)13-6-7-13/h4-5,8-9,11,13H,3,6-7,10H2,1-2H3,(H,19,20). The minimum Gasteiger partial charge on any atom is -0.494 e. The van der Waals surface area contributed by atoms with Gasteiger partial charge in [-0.3, -0.25) is 4.79 Å². The lowest BCUT2D eigenvalue weighted by Crippen LogP contribution is -2.50. The van der Waals surface area contributed by atoms with E-state index in [0.29, 0.717) is 24.3 Å². The molecule has 0 bridgehead atoms. The summed E-state index contributed by atoms with van der Waals surface area (Å²) in [5.41, 5.74) is -0.760. The lowest BCUT2D eigenvalue weighted by atomic mass is 9.90. The Labute approximate surface area is 124 Å². The molecule has 0 aromatic heterocycles. The fourth-order valence-electron chi connectivity index (χ4n) is 2.39. The molecule has 2 rings (SSSR count). The van der Waals surface area contributed by atoms with E-state index in [-0.39, 0.29) is 6.04 Å². The van der Waals surface area contributed by atoms with Gasteiger partial charge >= 0.3 is 5.97 Å². The van der Waals surface area contributed by atoms with Crippen molar-refractivity contribution < 1.29 is 19.4 Å². The molecule has 114 valence electrons. The molecule has 0 spiro atoms. The van der Waals surface area contributed by atoms with Crippen LogP contribution in [0.3, 0.4) is 0 Å². The molecule has 5 heteroatoms. The van der Waals surface area contributed by atoms with Gasteiger partial charge in [-0.2, -0.15) is 0 Å². The van der Waals surface area contributed by atoms with Gasteiger partial charge in [-0.15, -0.1) is 0 Å². The van der Waals surface area contributed by atoms with E-state index >= 15 is 0 Å². The smallest absolute Gasteiger partial charge is 0.334 e. The number of carboxylic acids is 1. The maximum absolute atomic E-state index is 11.8. The van der Waals surface area contributed by atoms with Crippen molar-refractivity contribution in [2.75, 3.05) is 6.61 Å². The van der Waals surface area contributed by atoms with Crippen LogP contribution in [0.2, 0.25) is 0 Å².